The number of carboxylic acid groups (broad SMARTS) is 1. The van der Waals surface area contributed by atoms with E-state index >= 15 is 0 Å². The molecule has 0 aliphatic carbocycles. The molecule has 15 heteroatoms. The zero-order chi connectivity index (χ0) is 32.6. The number of hydrogen-bond donors (Lipinski definition) is 1. The molecule has 0 spiro atoms. The van der Waals surface area contributed by atoms with Crippen LogP contribution in [-0.4, -0.2) is 176 Å². The summed E-state index contributed by atoms with van der Waals surface area (Å²) in [6.07, 6.45) is 4.48. The van der Waals surface area contributed by atoms with Crippen LogP contribution in [0.25, 0.3) is 0 Å². The smallest absolute Gasteiger partial charge is 0.329 e. The molecular weight excluding hydrogens is 620 g/mol. The van der Waals surface area contributed by atoms with Crippen molar-refractivity contribution in [3.63, 3.8) is 0 Å². The molecule has 0 aliphatic rings. The first-order valence-electron chi connectivity index (χ1n) is 16.0. The van der Waals surface area contributed by atoms with Crippen molar-refractivity contribution in [1.29, 1.82) is 0 Å². The molecule has 0 radical (unpaired) electrons. The quantitative estimate of drug-likeness (QED) is 0.0743. The van der Waals surface area contributed by atoms with Crippen molar-refractivity contribution >= 4 is 17.6 Å². The molecule has 14 nitrogen and oxygen atoms in total. The Morgan fingerprint density at radius 2 is 0.556 bits per heavy atom. The summed E-state index contributed by atoms with van der Waals surface area (Å²) in [6, 6.07) is 0. The zero-order valence-corrected chi connectivity index (χ0v) is 27.9. The molecule has 0 aliphatic heterocycles. The number of hydrogen-bond acceptors (Lipinski definition) is 13. The molecule has 0 heterocycles. The fraction of sp³-hybridized carbons (Fsp3) is 0.967. The van der Waals surface area contributed by atoms with Gasteiger partial charge in [0.1, 0.15) is 6.61 Å². The molecule has 0 aromatic rings. The lowest BCUT2D eigenvalue weighted by atomic mass is 10.2. The van der Waals surface area contributed by atoms with E-state index < -0.39 is 5.97 Å². The Morgan fingerprint density at radius 1 is 0.333 bits per heavy atom. The molecular formula is C30H59ClO14. The first-order valence-corrected chi connectivity index (χ1v) is 16.5. The number of unbranched alkanes of at least 4 members (excludes halogenated alkanes) is 3. The van der Waals surface area contributed by atoms with Gasteiger partial charge in [-0.1, -0.05) is 12.8 Å². The first kappa shape index (κ1) is 44.3. The van der Waals surface area contributed by atoms with E-state index in [0.717, 1.165) is 31.7 Å². The number of rotatable bonds is 41. The summed E-state index contributed by atoms with van der Waals surface area (Å²) in [5, 5.41) is 8.42. The fourth-order valence-electron chi connectivity index (χ4n) is 3.23. The standard InChI is InChI=1S/C30H59ClO14/c31-5-3-1-2-4-6-34-7-8-35-9-10-36-11-12-37-13-14-38-15-16-39-17-18-40-19-20-41-21-22-42-23-24-43-25-26-44-27-28-45-29-30(32)33/h1-29H2,(H,32,33). The SMILES string of the molecule is O=C(O)COCCOCCOCCOCCOCCOCCOCCOCCOCCOCCOCCOCCCCCCCl. The second kappa shape index (κ2) is 41.3. The Balaban J connectivity index is 3.04. The molecule has 0 saturated carbocycles. The highest BCUT2D eigenvalue weighted by atomic mass is 35.5. The molecule has 0 amide bonds. The topological polar surface area (TPSA) is 148 Å². The summed E-state index contributed by atoms with van der Waals surface area (Å²) in [5.41, 5.74) is 0. The molecule has 0 bridgehead atoms. The second-order valence-corrected chi connectivity index (χ2v) is 9.66. The first-order chi connectivity index (χ1) is 22.3. The molecule has 0 fully saturated rings. The summed E-state index contributed by atoms with van der Waals surface area (Å²) in [5.74, 6) is -0.256. The van der Waals surface area contributed by atoms with Gasteiger partial charge in [-0.05, 0) is 12.8 Å². The van der Waals surface area contributed by atoms with E-state index in [0.29, 0.717) is 139 Å². The summed E-state index contributed by atoms with van der Waals surface area (Å²) < 4.78 is 64.6. The van der Waals surface area contributed by atoms with Gasteiger partial charge < -0.3 is 61.9 Å². The maximum Gasteiger partial charge on any atom is 0.329 e. The van der Waals surface area contributed by atoms with E-state index in [9.17, 15) is 4.79 Å². The Hall–Kier alpha value is -0.720. The molecule has 0 unspecified atom stereocenters. The highest BCUT2D eigenvalue weighted by Gasteiger charge is 1.98. The van der Waals surface area contributed by atoms with Crippen LogP contribution in [0.4, 0.5) is 0 Å². The monoisotopic (exact) mass is 678 g/mol. The van der Waals surface area contributed by atoms with Crippen molar-refractivity contribution < 1.29 is 66.7 Å². The normalized spacial score (nSPS) is 11.5. The molecule has 1 N–H and O–H groups in total. The van der Waals surface area contributed by atoms with E-state index in [-0.39, 0.29) is 13.2 Å². The van der Waals surface area contributed by atoms with Crippen molar-refractivity contribution in [3.05, 3.63) is 0 Å². The highest BCUT2D eigenvalue weighted by Crippen LogP contribution is 2.01. The van der Waals surface area contributed by atoms with Crippen molar-refractivity contribution in [1.82, 2.24) is 0 Å². The van der Waals surface area contributed by atoms with Gasteiger partial charge in [-0.3, -0.25) is 0 Å². The average molecular weight is 679 g/mol. The molecule has 0 aromatic carbocycles. The van der Waals surface area contributed by atoms with Gasteiger partial charge in [0.05, 0.1) is 145 Å². The third kappa shape index (κ3) is 43.3. The molecule has 0 aromatic heterocycles. The number of carbonyl (C=O) groups is 1. The van der Waals surface area contributed by atoms with Crippen LogP contribution >= 0.6 is 11.6 Å². The number of aliphatic carboxylic acids is 1. The van der Waals surface area contributed by atoms with Crippen LogP contribution in [0.1, 0.15) is 25.7 Å². The summed E-state index contributed by atoms with van der Waals surface area (Å²) in [4.78, 5) is 10.3. The number of halogens is 1. The number of carboxylic acids is 1. The van der Waals surface area contributed by atoms with E-state index in [4.69, 9.17) is 73.5 Å². The van der Waals surface area contributed by atoms with E-state index in [1.165, 1.54) is 6.42 Å². The van der Waals surface area contributed by atoms with Gasteiger partial charge in [0.25, 0.3) is 0 Å². The van der Waals surface area contributed by atoms with Gasteiger partial charge >= 0.3 is 5.97 Å². The lowest BCUT2D eigenvalue weighted by Gasteiger charge is -2.09. The summed E-state index contributed by atoms with van der Waals surface area (Å²) >= 11 is 5.65. The lowest BCUT2D eigenvalue weighted by Crippen LogP contribution is -2.15. The summed E-state index contributed by atoms with van der Waals surface area (Å²) in [6.45, 7) is 11.1. The van der Waals surface area contributed by atoms with E-state index in [2.05, 4.69) is 0 Å². The van der Waals surface area contributed by atoms with Crippen LogP contribution in [0.5, 0.6) is 0 Å². The maximum atomic E-state index is 10.3. The van der Waals surface area contributed by atoms with Crippen molar-refractivity contribution in [2.24, 2.45) is 0 Å². The summed E-state index contributed by atoms with van der Waals surface area (Å²) in [7, 11) is 0. The number of alkyl halides is 1. The zero-order valence-electron chi connectivity index (χ0n) is 27.1. The fourth-order valence-corrected chi connectivity index (χ4v) is 3.42. The minimum atomic E-state index is -0.996. The van der Waals surface area contributed by atoms with Crippen LogP contribution < -0.4 is 0 Å². The minimum Gasteiger partial charge on any atom is -0.480 e. The predicted molar refractivity (Wildman–Crippen MR) is 167 cm³/mol. The van der Waals surface area contributed by atoms with Crippen molar-refractivity contribution in [2.45, 2.75) is 25.7 Å². The van der Waals surface area contributed by atoms with Crippen LogP contribution in [0.3, 0.4) is 0 Å². The van der Waals surface area contributed by atoms with Gasteiger partial charge in [-0.2, -0.15) is 0 Å². The Labute approximate surface area is 274 Å². The van der Waals surface area contributed by atoms with Gasteiger partial charge in [-0.15, -0.1) is 11.6 Å². The maximum absolute atomic E-state index is 10.3. The molecule has 0 atom stereocenters. The van der Waals surface area contributed by atoms with Crippen LogP contribution in [0, 0.1) is 0 Å². The molecule has 0 rings (SSSR count). The Kier molecular flexibility index (Phi) is 40.6. The average Bonchev–Trinajstić information content (AvgIpc) is 3.03. The van der Waals surface area contributed by atoms with Gasteiger partial charge in [0.15, 0.2) is 0 Å². The Bertz CT molecular complexity index is 565. The highest BCUT2D eigenvalue weighted by molar-refractivity contribution is 6.17. The van der Waals surface area contributed by atoms with Crippen LogP contribution in [0.2, 0.25) is 0 Å². The largest absolute Gasteiger partial charge is 0.480 e. The van der Waals surface area contributed by atoms with Gasteiger partial charge in [0, 0.05) is 12.5 Å². The van der Waals surface area contributed by atoms with Gasteiger partial charge in [-0.25, -0.2) is 4.79 Å². The van der Waals surface area contributed by atoms with Crippen LogP contribution in [-0.2, 0) is 61.6 Å². The van der Waals surface area contributed by atoms with Gasteiger partial charge in [0.2, 0.25) is 0 Å². The minimum absolute atomic E-state index is 0.242. The van der Waals surface area contributed by atoms with Crippen molar-refractivity contribution in [3.8, 4) is 0 Å². The second-order valence-electron chi connectivity index (χ2n) is 9.29. The molecule has 270 valence electrons. The Morgan fingerprint density at radius 3 is 0.800 bits per heavy atom. The molecule has 0 saturated heterocycles. The molecule has 45 heavy (non-hydrogen) atoms. The third-order valence-corrected chi connectivity index (χ3v) is 5.76. The number of ether oxygens (including phenoxy) is 12. The predicted octanol–water partition coefficient (Wildman–Crippen LogP) is 2.07. The van der Waals surface area contributed by atoms with E-state index in [1.807, 2.05) is 0 Å². The van der Waals surface area contributed by atoms with Crippen LogP contribution in [0.15, 0.2) is 0 Å². The lowest BCUT2D eigenvalue weighted by molar-refractivity contribution is -0.142. The third-order valence-electron chi connectivity index (χ3n) is 5.49. The van der Waals surface area contributed by atoms with Crippen molar-refractivity contribution in [2.75, 3.05) is 164 Å². The van der Waals surface area contributed by atoms with E-state index in [1.54, 1.807) is 0 Å².